The Bertz CT molecular complexity index is 611. The van der Waals surface area contributed by atoms with Gasteiger partial charge >= 0.3 is 0 Å². The van der Waals surface area contributed by atoms with Crippen molar-refractivity contribution in [3.8, 4) is 5.75 Å². The van der Waals surface area contributed by atoms with Crippen molar-refractivity contribution in [2.75, 3.05) is 7.11 Å². The van der Waals surface area contributed by atoms with Crippen molar-refractivity contribution in [2.24, 2.45) is 0 Å². The Labute approximate surface area is 115 Å². The largest absolute Gasteiger partial charge is 0.496 e. The van der Waals surface area contributed by atoms with Crippen LogP contribution < -0.4 is 4.74 Å². The van der Waals surface area contributed by atoms with Gasteiger partial charge in [-0.15, -0.1) is 0 Å². The summed E-state index contributed by atoms with van der Waals surface area (Å²) in [6.45, 7) is 0. The van der Waals surface area contributed by atoms with Crippen LogP contribution in [0.4, 0.5) is 4.39 Å². The standard InChI is InChI=1S/C15H12ClFO2/c1-19-15-6-5-12(17)9-13(15)14(18)8-10-3-2-4-11(16)7-10/h2-7,9H,8H2,1H3. The van der Waals surface area contributed by atoms with Gasteiger partial charge in [0.25, 0.3) is 0 Å². The van der Waals surface area contributed by atoms with Gasteiger partial charge < -0.3 is 4.74 Å². The molecule has 0 aliphatic heterocycles. The Morgan fingerprint density at radius 1 is 1.26 bits per heavy atom. The van der Waals surface area contributed by atoms with Crippen molar-refractivity contribution in [1.82, 2.24) is 0 Å². The van der Waals surface area contributed by atoms with Crippen molar-refractivity contribution in [1.29, 1.82) is 0 Å². The number of hydrogen-bond acceptors (Lipinski definition) is 2. The number of ether oxygens (including phenoxy) is 1. The van der Waals surface area contributed by atoms with Crippen LogP contribution in [0.15, 0.2) is 42.5 Å². The van der Waals surface area contributed by atoms with Crippen LogP contribution in [-0.2, 0) is 6.42 Å². The SMILES string of the molecule is COc1ccc(F)cc1C(=O)Cc1cccc(Cl)c1. The van der Waals surface area contributed by atoms with Gasteiger partial charge in [0.15, 0.2) is 5.78 Å². The molecule has 2 rings (SSSR count). The van der Waals surface area contributed by atoms with E-state index >= 15 is 0 Å². The minimum atomic E-state index is -0.463. The average Bonchev–Trinajstić information content (AvgIpc) is 2.38. The van der Waals surface area contributed by atoms with Gasteiger partial charge in [-0.2, -0.15) is 0 Å². The van der Waals surface area contributed by atoms with Crippen molar-refractivity contribution in [2.45, 2.75) is 6.42 Å². The molecule has 0 aromatic heterocycles. The van der Waals surface area contributed by atoms with Crippen molar-refractivity contribution >= 4 is 17.4 Å². The average molecular weight is 279 g/mol. The smallest absolute Gasteiger partial charge is 0.171 e. The van der Waals surface area contributed by atoms with E-state index in [-0.39, 0.29) is 17.8 Å². The third-order valence-corrected chi connectivity index (χ3v) is 2.95. The van der Waals surface area contributed by atoms with Crippen molar-refractivity contribution < 1.29 is 13.9 Å². The number of Topliss-reactive ketones (excluding diaryl/α,β-unsaturated/α-hetero) is 1. The minimum Gasteiger partial charge on any atom is -0.496 e. The van der Waals surface area contributed by atoms with Crippen LogP contribution in [0.2, 0.25) is 5.02 Å². The third kappa shape index (κ3) is 3.32. The Morgan fingerprint density at radius 3 is 2.74 bits per heavy atom. The molecular weight excluding hydrogens is 267 g/mol. The molecule has 0 atom stereocenters. The quantitative estimate of drug-likeness (QED) is 0.793. The van der Waals surface area contributed by atoms with Crippen LogP contribution >= 0.6 is 11.6 Å². The first kappa shape index (κ1) is 13.6. The lowest BCUT2D eigenvalue weighted by molar-refractivity contribution is 0.0989. The summed E-state index contributed by atoms with van der Waals surface area (Å²) in [7, 11) is 1.45. The van der Waals surface area contributed by atoms with E-state index < -0.39 is 5.82 Å². The van der Waals surface area contributed by atoms with E-state index in [0.717, 1.165) is 5.56 Å². The Balaban J connectivity index is 2.27. The maximum atomic E-state index is 13.2. The van der Waals surface area contributed by atoms with Crippen LogP contribution in [0.1, 0.15) is 15.9 Å². The molecular formula is C15H12ClFO2. The van der Waals surface area contributed by atoms with E-state index in [1.807, 2.05) is 0 Å². The fraction of sp³-hybridized carbons (Fsp3) is 0.133. The predicted octanol–water partition coefficient (Wildman–Crippen LogP) is 3.91. The van der Waals surface area contributed by atoms with E-state index in [1.165, 1.54) is 25.3 Å². The Hall–Kier alpha value is -1.87. The fourth-order valence-corrected chi connectivity index (χ4v) is 2.04. The summed E-state index contributed by atoms with van der Waals surface area (Å²) in [5.41, 5.74) is 1.02. The van der Waals surface area contributed by atoms with Crippen molar-refractivity contribution in [3.63, 3.8) is 0 Å². The second-order valence-electron chi connectivity index (χ2n) is 4.07. The first-order valence-corrected chi connectivity index (χ1v) is 6.09. The number of ketones is 1. The van der Waals surface area contributed by atoms with Crippen LogP contribution in [0, 0.1) is 5.82 Å². The lowest BCUT2D eigenvalue weighted by atomic mass is 10.0. The molecule has 4 heteroatoms. The Kier molecular flexibility index (Phi) is 4.17. The highest BCUT2D eigenvalue weighted by molar-refractivity contribution is 6.30. The number of carbonyl (C=O) groups excluding carboxylic acids is 1. The molecule has 0 saturated heterocycles. The summed E-state index contributed by atoms with van der Waals surface area (Å²) >= 11 is 5.86. The van der Waals surface area contributed by atoms with E-state index in [2.05, 4.69) is 0 Å². The summed E-state index contributed by atoms with van der Waals surface area (Å²) in [5.74, 6) is -0.303. The highest BCUT2D eigenvalue weighted by Gasteiger charge is 2.14. The molecule has 0 fully saturated rings. The molecule has 0 bridgehead atoms. The predicted molar refractivity (Wildman–Crippen MR) is 72.4 cm³/mol. The topological polar surface area (TPSA) is 26.3 Å². The van der Waals surface area contributed by atoms with E-state index in [1.54, 1.807) is 24.3 Å². The molecule has 0 aliphatic rings. The van der Waals surface area contributed by atoms with Gasteiger partial charge in [0, 0.05) is 11.4 Å². The van der Waals surface area contributed by atoms with Gasteiger partial charge in [0.1, 0.15) is 11.6 Å². The number of benzene rings is 2. The highest BCUT2D eigenvalue weighted by Crippen LogP contribution is 2.22. The number of hydrogen-bond donors (Lipinski definition) is 0. The van der Waals surface area contributed by atoms with Gasteiger partial charge in [-0.05, 0) is 35.9 Å². The summed E-state index contributed by atoms with van der Waals surface area (Å²) < 4.78 is 18.3. The zero-order valence-electron chi connectivity index (χ0n) is 10.3. The lowest BCUT2D eigenvalue weighted by Crippen LogP contribution is -2.06. The third-order valence-electron chi connectivity index (χ3n) is 2.72. The van der Waals surface area contributed by atoms with Gasteiger partial charge in [-0.3, -0.25) is 4.79 Å². The molecule has 0 spiro atoms. The second kappa shape index (κ2) is 5.85. The molecule has 98 valence electrons. The molecule has 0 radical (unpaired) electrons. The Morgan fingerprint density at radius 2 is 2.05 bits per heavy atom. The maximum absolute atomic E-state index is 13.2. The number of halogens is 2. The zero-order valence-corrected chi connectivity index (χ0v) is 11.1. The number of carbonyl (C=O) groups is 1. The van der Waals surface area contributed by atoms with Crippen LogP contribution in [0.5, 0.6) is 5.75 Å². The van der Waals surface area contributed by atoms with Crippen LogP contribution in [-0.4, -0.2) is 12.9 Å². The molecule has 2 aromatic carbocycles. The van der Waals surface area contributed by atoms with Gasteiger partial charge in [0.2, 0.25) is 0 Å². The molecule has 0 N–H and O–H groups in total. The molecule has 2 aromatic rings. The van der Waals surface area contributed by atoms with Crippen LogP contribution in [0.3, 0.4) is 0 Å². The van der Waals surface area contributed by atoms with E-state index in [0.29, 0.717) is 10.8 Å². The summed E-state index contributed by atoms with van der Waals surface area (Å²) in [5, 5.41) is 0.566. The first-order valence-electron chi connectivity index (χ1n) is 5.71. The molecule has 0 heterocycles. The summed E-state index contributed by atoms with van der Waals surface area (Å²) in [4.78, 5) is 12.2. The summed E-state index contributed by atoms with van der Waals surface area (Å²) in [6.07, 6.45) is 0.153. The first-order chi connectivity index (χ1) is 9.10. The van der Waals surface area contributed by atoms with Gasteiger partial charge in [-0.1, -0.05) is 23.7 Å². The lowest BCUT2D eigenvalue weighted by Gasteiger charge is -2.08. The van der Waals surface area contributed by atoms with Crippen molar-refractivity contribution in [3.05, 3.63) is 64.4 Å². The van der Waals surface area contributed by atoms with Crippen LogP contribution in [0.25, 0.3) is 0 Å². The molecule has 0 unspecified atom stereocenters. The summed E-state index contributed by atoms with van der Waals surface area (Å²) in [6, 6.07) is 10.9. The maximum Gasteiger partial charge on any atom is 0.171 e. The number of rotatable bonds is 4. The molecule has 19 heavy (non-hydrogen) atoms. The zero-order chi connectivity index (χ0) is 13.8. The minimum absolute atomic E-state index is 0.153. The molecule has 2 nitrogen and oxygen atoms in total. The fourth-order valence-electron chi connectivity index (χ4n) is 1.83. The number of methoxy groups -OCH3 is 1. The van der Waals surface area contributed by atoms with E-state index in [4.69, 9.17) is 16.3 Å². The van der Waals surface area contributed by atoms with Gasteiger partial charge in [-0.25, -0.2) is 4.39 Å². The van der Waals surface area contributed by atoms with Gasteiger partial charge in [0.05, 0.1) is 12.7 Å². The van der Waals surface area contributed by atoms with E-state index in [9.17, 15) is 9.18 Å². The second-order valence-corrected chi connectivity index (χ2v) is 4.51. The monoisotopic (exact) mass is 278 g/mol. The molecule has 0 amide bonds. The molecule has 0 aliphatic carbocycles. The normalized spacial score (nSPS) is 10.3. The molecule has 0 saturated carbocycles. The highest BCUT2D eigenvalue weighted by atomic mass is 35.5.